The topological polar surface area (TPSA) is 46.5 Å². The van der Waals surface area contributed by atoms with Gasteiger partial charge >= 0.3 is 0 Å². The molecule has 1 saturated heterocycles. The van der Waals surface area contributed by atoms with E-state index < -0.39 is 0 Å². The molecule has 2 heterocycles. The summed E-state index contributed by atoms with van der Waals surface area (Å²) in [7, 11) is 2.18. The van der Waals surface area contributed by atoms with Crippen molar-refractivity contribution in [1.29, 1.82) is 0 Å². The first kappa shape index (κ1) is 22.0. The van der Waals surface area contributed by atoms with Crippen molar-refractivity contribution >= 4 is 22.4 Å². The van der Waals surface area contributed by atoms with E-state index in [1.54, 1.807) is 0 Å². The third-order valence-corrected chi connectivity index (χ3v) is 7.38. The summed E-state index contributed by atoms with van der Waals surface area (Å²) in [5, 5.41) is 1.21. The molecule has 1 saturated carbocycles. The summed E-state index contributed by atoms with van der Waals surface area (Å²) in [5.41, 5.74) is 14.3. The Balaban J connectivity index is 1.54. The quantitative estimate of drug-likeness (QED) is 0.532. The Morgan fingerprint density at radius 2 is 1.76 bits per heavy atom. The number of fused-ring (bicyclic) bond motifs is 1. The van der Waals surface area contributed by atoms with Gasteiger partial charge in [-0.05, 0) is 55.1 Å². The first-order chi connectivity index (χ1) is 16.1. The number of rotatable bonds is 4. The third kappa shape index (κ3) is 4.63. The second-order valence-corrected chi connectivity index (χ2v) is 9.73. The number of nitrogens with two attached hydrogens (primary N) is 1. The molecule has 0 spiro atoms. The SMILES string of the molecule is CCc1ccc(-c2ccc3ccn(C(N)=C4CN(C)CCC4=NC4CCCCC4)c3c2)cc1. The number of hydrogen-bond donors (Lipinski definition) is 1. The van der Waals surface area contributed by atoms with Gasteiger partial charge in [-0.1, -0.05) is 62.6 Å². The van der Waals surface area contributed by atoms with E-state index in [0.29, 0.717) is 6.04 Å². The molecule has 2 aromatic carbocycles. The van der Waals surface area contributed by atoms with Crippen LogP contribution in [0.5, 0.6) is 0 Å². The maximum atomic E-state index is 6.90. The van der Waals surface area contributed by atoms with Gasteiger partial charge < -0.3 is 15.2 Å². The lowest BCUT2D eigenvalue weighted by molar-refractivity contribution is 0.362. The van der Waals surface area contributed by atoms with E-state index in [-0.39, 0.29) is 0 Å². The van der Waals surface area contributed by atoms with Crippen LogP contribution >= 0.6 is 0 Å². The minimum absolute atomic E-state index is 0.471. The molecule has 4 nitrogen and oxygen atoms in total. The molecule has 5 rings (SSSR count). The lowest BCUT2D eigenvalue weighted by Crippen LogP contribution is -2.35. The first-order valence-electron chi connectivity index (χ1n) is 12.6. The van der Waals surface area contributed by atoms with Crippen molar-refractivity contribution < 1.29 is 0 Å². The second kappa shape index (κ2) is 9.56. The van der Waals surface area contributed by atoms with Gasteiger partial charge in [0.15, 0.2) is 0 Å². The molecule has 1 aliphatic carbocycles. The molecule has 1 aliphatic heterocycles. The van der Waals surface area contributed by atoms with E-state index in [9.17, 15) is 0 Å². The molecule has 4 heteroatoms. The molecule has 2 N–H and O–H groups in total. The van der Waals surface area contributed by atoms with Crippen molar-refractivity contribution in [2.75, 3.05) is 20.1 Å². The fourth-order valence-electron chi connectivity index (χ4n) is 5.29. The monoisotopic (exact) mass is 440 g/mol. The molecule has 3 aromatic rings. The Morgan fingerprint density at radius 1 is 1.00 bits per heavy atom. The van der Waals surface area contributed by atoms with E-state index >= 15 is 0 Å². The van der Waals surface area contributed by atoms with E-state index in [4.69, 9.17) is 10.7 Å². The highest BCUT2D eigenvalue weighted by Gasteiger charge is 2.23. The van der Waals surface area contributed by atoms with Crippen molar-refractivity contribution in [3.8, 4) is 11.1 Å². The molecule has 0 atom stereocenters. The van der Waals surface area contributed by atoms with Crippen molar-refractivity contribution in [2.24, 2.45) is 10.7 Å². The molecule has 172 valence electrons. The Bertz CT molecular complexity index is 1180. The van der Waals surface area contributed by atoms with Gasteiger partial charge in [-0.3, -0.25) is 4.99 Å². The number of piperidine rings is 1. The zero-order valence-electron chi connectivity index (χ0n) is 20.1. The van der Waals surface area contributed by atoms with Crippen LogP contribution in [0.25, 0.3) is 27.9 Å². The molecule has 1 aromatic heterocycles. The van der Waals surface area contributed by atoms with Crippen LogP contribution in [0.4, 0.5) is 0 Å². The lowest BCUT2D eigenvalue weighted by Gasteiger charge is -2.29. The van der Waals surface area contributed by atoms with Crippen molar-refractivity contribution in [3.05, 3.63) is 65.9 Å². The molecule has 2 aliphatic rings. The molecule has 33 heavy (non-hydrogen) atoms. The van der Waals surface area contributed by atoms with Crippen molar-refractivity contribution in [1.82, 2.24) is 9.47 Å². The number of likely N-dealkylation sites (tertiary alicyclic amines) is 1. The van der Waals surface area contributed by atoms with E-state index in [1.165, 1.54) is 65.5 Å². The van der Waals surface area contributed by atoms with Crippen LogP contribution in [0, 0.1) is 0 Å². The fraction of sp³-hybridized carbons (Fsp3) is 0.414. The summed E-state index contributed by atoms with van der Waals surface area (Å²) in [6.45, 7) is 4.10. The minimum Gasteiger partial charge on any atom is -0.384 e. The summed E-state index contributed by atoms with van der Waals surface area (Å²) in [6, 6.07) is 18.2. The second-order valence-electron chi connectivity index (χ2n) is 9.73. The van der Waals surface area contributed by atoms with Crippen LogP contribution < -0.4 is 5.73 Å². The molecule has 2 fully saturated rings. The van der Waals surface area contributed by atoms with E-state index in [2.05, 4.69) is 78.2 Å². The molecule has 0 bridgehead atoms. The molecule has 0 amide bonds. The zero-order chi connectivity index (χ0) is 22.8. The number of aryl methyl sites for hydroxylation is 1. The van der Waals surface area contributed by atoms with Crippen LogP contribution in [0.2, 0.25) is 0 Å². The zero-order valence-corrected chi connectivity index (χ0v) is 20.1. The van der Waals surface area contributed by atoms with Crippen molar-refractivity contribution in [2.45, 2.75) is 57.9 Å². The highest BCUT2D eigenvalue weighted by molar-refractivity contribution is 6.06. The van der Waals surface area contributed by atoms with E-state index in [1.807, 2.05) is 0 Å². The fourth-order valence-corrected chi connectivity index (χ4v) is 5.29. The molecular weight excluding hydrogens is 404 g/mol. The van der Waals surface area contributed by atoms with Gasteiger partial charge in [0.1, 0.15) is 5.82 Å². The summed E-state index contributed by atoms with van der Waals surface area (Å²) < 4.78 is 2.17. The highest BCUT2D eigenvalue weighted by atomic mass is 15.1. The Labute approximate surface area is 197 Å². The minimum atomic E-state index is 0.471. The summed E-state index contributed by atoms with van der Waals surface area (Å²) in [6.07, 6.45) is 10.6. The standard InChI is InChI=1S/C29H36N4/c1-3-21-9-11-22(12-10-21)24-14-13-23-15-18-33(28(23)19-24)29(30)26-20-32(2)17-16-27(26)31-25-7-5-4-6-8-25/h9-15,18-19,25H,3-8,16-17,20,30H2,1-2H3. The summed E-state index contributed by atoms with van der Waals surface area (Å²) >= 11 is 0. The van der Waals surface area contributed by atoms with Crippen LogP contribution in [-0.4, -0.2) is 41.4 Å². The maximum Gasteiger partial charge on any atom is 0.114 e. The Hall–Kier alpha value is -2.85. The number of hydrogen-bond acceptors (Lipinski definition) is 3. The number of aromatic nitrogens is 1. The van der Waals surface area contributed by atoms with Gasteiger partial charge in [0.25, 0.3) is 0 Å². The van der Waals surface area contributed by atoms with Crippen LogP contribution in [0.1, 0.15) is 51.0 Å². The molecular formula is C29H36N4. The lowest BCUT2D eigenvalue weighted by atomic mass is 9.94. The highest BCUT2D eigenvalue weighted by Crippen LogP contribution is 2.29. The number of benzene rings is 2. The van der Waals surface area contributed by atoms with Gasteiger partial charge in [-0.2, -0.15) is 0 Å². The average molecular weight is 441 g/mol. The van der Waals surface area contributed by atoms with Crippen molar-refractivity contribution in [3.63, 3.8) is 0 Å². The van der Waals surface area contributed by atoms with Crippen LogP contribution in [-0.2, 0) is 6.42 Å². The van der Waals surface area contributed by atoms with Gasteiger partial charge in [0.05, 0.1) is 11.6 Å². The maximum absolute atomic E-state index is 6.90. The number of nitrogens with zero attached hydrogens (tertiary/aromatic N) is 3. The van der Waals surface area contributed by atoms with Gasteiger partial charge in [0, 0.05) is 42.4 Å². The van der Waals surface area contributed by atoms with E-state index in [0.717, 1.165) is 37.3 Å². The number of aliphatic imine (C=N–C) groups is 1. The summed E-state index contributed by atoms with van der Waals surface area (Å²) in [4.78, 5) is 7.60. The third-order valence-electron chi connectivity index (χ3n) is 7.38. The smallest absolute Gasteiger partial charge is 0.114 e. The summed E-state index contributed by atoms with van der Waals surface area (Å²) in [5.74, 6) is 0.824. The average Bonchev–Trinajstić information content (AvgIpc) is 3.29. The van der Waals surface area contributed by atoms with Gasteiger partial charge in [0.2, 0.25) is 0 Å². The van der Waals surface area contributed by atoms with Crippen LogP contribution in [0.3, 0.4) is 0 Å². The predicted molar refractivity (Wildman–Crippen MR) is 141 cm³/mol. The normalized spacial score (nSPS) is 21.1. The Kier molecular flexibility index (Phi) is 6.37. The Morgan fingerprint density at radius 3 is 2.52 bits per heavy atom. The first-order valence-corrected chi connectivity index (χ1v) is 12.6. The predicted octanol–water partition coefficient (Wildman–Crippen LogP) is 6.11. The molecule has 0 unspecified atom stereocenters. The largest absolute Gasteiger partial charge is 0.384 e. The number of likely N-dealkylation sites (N-methyl/N-ethyl adjacent to an activating group) is 1. The molecule has 0 radical (unpaired) electrons. The van der Waals surface area contributed by atoms with Crippen LogP contribution in [0.15, 0.2) is 65.3 Å². The van der Waals surface area contributed by atoms with Gasteiger partial charge in [-0.15, -0.1) is 0 Å². The van der Waals surface area contributed by atoms with Gasteiger partial charge in [-0.25, -0.2) is 0 Å².